The molecule has 6 rings (SSSR count). The molecule has 0 atom stereocenters. The van der Waals surface area contributed by atoms with E-state index >= 15 is 8.42 Å². The molecule has 476 valence electrons. The highest BCUT2D eigenvalue weighted by molar-refractivity contribution is 7.91. The zero-order valence-corrected chi connectivity index (χ0v) is 63.1. The Kier molecular flexibility index (Phi) is 18.3. The molecule has 0 aliphatic carbocycles. The first-order chi connectivity index (χ1) is 38.5. The molecule has 0 N–H and O–H groups in total. The van der Waals surface area contributed by atoms with Gasteiger partial charge in [-0.1, -0.05) is 322 Å². The quantitative estimate of drug-likeness (QED) is 0.167. The monoisotopic (exact) mass is 1190 g/mol. The van der Waals surface area contributed by atoms with Crippen molar-refractivity contribution >= 4 is 9.84 Å². The second kappa shape index (κ2) is 22.3. The van der Waals surface area contributed by atoms with Gasteiger partial charge in [0.1, 0.15) is 0 Å². The molecule has 6 aromatic rings. The molecule has 0 amide bonds. The van der Waals surface area contributed by atoms with Crippen LogP contribution in [0.3, 0.4) is 0 Å². The Morgan fingerprint density at radius 2 is 0.368 bits per heavy atom. The Hall–Kier alpha value is -4.73. The minimum atomic E-state index is -4.54. The van der Waals surface area contributed by atoms with E-state index in [1.807, 2.05) is 12.1 Å². The first-order valence-corrected chi connectivity index (χ1v) is 34.3. The largest absolute Gasteiger partial charge is 0.218 e. The fraction of sp³-hybridized carbons (Fsp3) is 0.571. The third-order valence-electron chi connectivity index (χ3n) is 18.2. The predicted molar refractivity (Wildman–Crippen MR) is 384 cm³/mol. The lowest BCUT2D eigenvalue weighted by Crippen LogP contribution is -2.25. The molecule has 0 radical (unpaired) electrons. The van der Waals surface area contributed by atoms with Gasteiger partial charge in [0.25, 0.3) is 0 Å². The van der Waals surface area contributed by atoms with Gasteiger partial charge in [0, 0.05) is 11.1 Å². The van der Waals surface area contributed by atoms with E-state index in [4.69, 9.17) is 0 Å². The average Bonchev–Trinajstić information content (AvgIpc) is 0.755. The van der Waals surface area contributed by atoms with Crippen LogP contribution in [0, 0.1) is 0 Å². The molecule has 6 aromatic carbocycles. The molecule has 0 fully saturated rings. The van der Waals surface area contributed by atoms with Crippen LogP contribution in [0.2, 0.25) is 0 Å². The number of hydrogen-bond acceptors (Lipinski definition) is 2. The summed E-state index contributed by atoms with van der Waals surface area (Å²) in [6.45, 7) is 83.5. The molecule has 0 heterocycles. The highest BCUT2D eigenvalue weighted by Crippen LogP contribution is 2.57. The van der Waals surface area contributed by atoms with Crippen LogP contribution in [0.5, 0.6) is 0 Å². The summed E-state index contributed by atoms with van der Waals surface area (Å²) in [6, 6.07) is 32.1. The Morgan fingerprint density at radius 1 is 0.207 bits per heavy atom. The number of hydrogen-bond donors (Lipinski definition) is 0. The van der Waals surface area contributed by atoms with E-state index in [-0.39, 0.29) is 43.3 Å². The molecule has 0 saturated carbocycles. The first-order valence-electron chi connectivity index (χ1n) is 32.8. The summed E-state index contributed by atoms with van der Waals surface area (Å²) in [4.78, 5) is 0.655. The lowest BCUT2D eigenvalue weighted by Gasteiger charge is -2.38. The minimum absolute atomic E-state index is 0.148. The van der Waals surface area contributed by atoms with E-state index in [2.05, 4.69) is 322 Å². The van der Waals surface area contributed by atoms with Crippen molar-refractivity contribution in [2.75, 3.05) is 0 Å². The number of sulfone groups is 1. The standard InChI is InChI=1S/C84H122O2S/c1-73(2,3)51-43-57(77(13,14)15)67(58(44-51)78(16,17)18)55-39-37-41-65(69(55)71-61(81(25,26)27)47-53(75(7,8)9)48-62(71)82(28,29)30)87(85,86)66-42-38-40-56(68-59(79(19,20)21)45-52(74(4,5)6)46-60(68)80(22,23)24)70(66)72-63(83(31,32)33)49-54(76(10,11)12)50-64(72)84(34,35)36/h37-50H,1-36H3. The zero-order chi connectivity index (χ0) is 67.1. The maximum Gasteiger partial charge on any atom is 0.207 e. The highest BCUT2D eigenvalue weighted by Gasteiger charge is 2.42. The summed E-state index contributed by atoms with van der Waals surface area (Å²) in [6.07, 6.45) is 0. The third kappa shape index (κ3) is 14.6. The van der Waals surface area contributed by atoms with E-state index in [9.17, 15) is 0 Å². The molecule has 0 aromatic heterocycles. The fourth-order valence-corrected chi connectivity index (χ4v) is 14.4. The third-order valence-corrected chi connectivity index (χ3v) is 20.0. The molecule has 0 aliphatic rings. The van der Waals surface area contributed by atoms with Crippen LogP contribution in [-0.2, 0) is 74.8 Å². The van der Waals surface area contributed by atoms with Crippen molar-refractivity contribution in [2.24, 2.45) is 0 Å². The van der Waals surface area contributed by atoms with E-state index in [1.54, 1.807) is 0 Å². The Bertz CT molecular complexity index is 3320. The van der Waals surface area contributed by atoms with Gasteiger partial charge in [-0.2, -0.15) is 0 Å². The van der Waals surface area contributed by atoms with Crippen LogP contribution in [0.25, 0.3) is 44.5 Å². The van der Waals surface area contributed by atoms with E-state index in [1.165, 1.54) is 44.5 Å². The molecule has 2 nitrogen and oxygen atoms in total. The molecule has 0 saturated heterocycles. The van der Waals surface area contributed by atoms with Crippen LogP contribution in [0.4, 0.5) is 0 Å². The smallest absolute Gasteiger partial charge is 0.207 e. The van der Waals surface area contributed by atoms with Crippen molar-refractivity contribution in [3.05, 3.63) is 152 Å². The summed E-state index contributed by atoms with van der Waals surface area (Å²) in [5.41, 5.74) is 18.6. The maximum absolute atomic E-state index is 18.2. The van der Waals surface area contributed by atoms with Crippen molar-refractivity contribution in [2.45, 2.75) is 324 Å². The van der Waals surface area contributed by atoms with Crippen LogP contribution >= 0.6 is 0 Å². The Labute approximate surface area is 535 Å². The van der Waals surface area contributed by atoms with Gasteiger partial charge in [-0.05, 0) is 177 Å². The molecule has 3 heteroatoms. The normalized spacial score (nSPS) is 14.3. The first kappa shape index (κ1) is 71.3. The molecule has 87 heavy (non-hydrogen) atoms. The van der Waals surface area contributed by atoms with Gasteiger partial charge >= 0.3 is 0 Å². The molecular weight excluding hydrogens is 1070 g/mol. The van der Waals surface area contributed by atoms with Gasteiger partial charge < -0.3 is 0 Å². The van der Waals surface area contributed by atoms with Crippen molar-refractivity contribution < 1.29 is 8.42 Å². The van der Waals surface area contributed by atoms with Crippen molar-refractivity contribution in [3.63, 3.8) is 0 Å². The fourth-order valence-electron chi connectivity index (χ4n) is 12.7. The van der Waals surface area contributed by atoms with Crippen LogP contribution in [0.15, 0.2) is 94.7 Å². The number of benzene rings is 6. The van der Waals surface area contributed by atoms with E-state index in [0.717, 1.165) is 66.8 Å². The number of rotatable bonds is 6. The molecule has 0 aliphatic heterocycles. The van der Waals surface area contributed by atoms with Gasteiger partial charge in [-0.15, -0.1) is 0 Å². The highest BCUT2D eigenvalue weighted by atomic mass is 32.2. The van der Waals surface area contributed by atoms with Gasteiger partial charge in [-0.25, -0.2) is 8.42 Å². The van der Waals surface area contributed by atoms with Gasteiger partial charge in [0.05, 0.1) is 9.79 Å². The van der Waals surface area contributed by atoms with E-state index in [0.29, 0.717) is 9.79 Å². The van der Waals surface area contributed by atoms with Crippen molar-refractivity contribution in [3.8, 4) is 44.5 Å². The molecule has 0 unspecified atom stereocenters. The van der Waals surface area contributed by atoms with Gasteiger partial charge in [0.2, 0.25) is 9.84 Å². The second-order valence-corrected chi connectivity index (χ2v) is 40.5. The summed E-state index contributed by atoms with van der Waals surface area (Å²) in [5.74, 6) is 0. The van der Waals surface area contributed by atoms with Gasteiger partial charge in [-0.3, -0.25) is 0 Å². The predicted octanol–water partition coefficient (Wildman–Crippen LogP) is 24.8. The Balaban J connectivity index is 2.16. The zero-order valence-electron chi connectivity index (χ0n) is 62.3. The second-order valence-electron chi connectivity index (χ2n) is 38.6. The molecule has 0 bridgehead atoms. The minimum Gasteiger partial charge on any atom is -0.218 e. The molecular formula is C84H122O2S. The van der Waals surface area contributed by atoms with Crippen molar-refractivity contribution in [1.82, 2.24) is 0 Å². The van der Waals surface area contributed by atoms with E-state index < -0.39 is 31.5 Å². The maximum atomic E-state index is 18.2. The summed E-state index contributed by atoms with van der Waals surface area (Å²) in [7, 11) is -4.54. The average molecular weight is 1200 g/mol. The topological polar surface area (TPSA) is 34.1 Å². The lowest BCUT2D eigenvalue weighted by atomic mass is 9.68. The SMILES string of the molecule is CC(C)(C)c1cc(C(C)(C)C)c(-c2cccc(S(=O)(=O)c3cccc(-c4c(C(C)(C)C)cc(C(C)(C)C)cc4C(C)(C)C)c3-c3c(C(C)(C)C)cc(C(C)(C)C)cc3C(C)(C)C)c2-c2c(C(C)(C)C)cc(C(C)(C)C)cc2C(C)(C)C)c(C(C)(C)C)c1. The summed E-state index contributed by atoms with van der Waals surface area (Å²) < 4.78 is 36.4. The molecule has 0 spiro atoms. The Morgan fingerprint density at radius 3 is 0.517 bits per heavy atom. The van der Waals surface area contributed by atoms with Crippen LogP contribution in [0.1, 0.15) is 316 Å². The summed E-state index contributed by atoms with van der Waals surface area (Å²) >= 11 is 0. The van der Waals surface area contributed by atoms with Crippen molar-refractivity contribution in [1.29, 1.82) is 0 Å². The van der Waals surface area contributed by atoms with Crippen LogP contribution in [-0.4, -0.2) is 8.42 Å². The lowest BCUT2D eigenvalue weighted by molar-refractivity contribution is 0.548. The van der Waals surface area contributed by atoms with Gasteiger partial charge in [0.15, 0.2) is 0 Å². The summed E-state index contributed by atoms with van der Waals surface area (Å²) in [5, 5.41) is 0. The van der Waals surface area contributed by atoms with Crippen LogP contribution < -0.4 is 0 Å².